The van der Waals surface area contributed by atoms with Crippen LogP contribution in [-0.4, -0.2) is 29.2 Å². The molecule has 110 valence electrons. The molecule has 0 unspecified atom stereocenters. The van der Waals surface area contributed by atoms with Crippen molar-refractivity contribution in [2.24, 2.45) is 0 Å². The van der Waals surface area contributed by atoms with Gasteiger partial charge in [-0.3, -0.25) is 19.3 Å². The quantitative estimate of drug-likeness (QED) is 0.868. The molecule has 1 aliphatic rings. The summed E-state index contributed by atoms with van der Waals surface area (Å²) in [5, 5.41) is 2.58. The molecule has 0 aliphatic carbocycles. The van der Waals surface area contributed by atoms with Crippen molar-refractivity contribution in [3.8, 4) is 0 Å². The summed E-state index contributed by atoms with van der Waals surface area (Å²) in [5.41, 5.74) is 1.39. The van der Waals surface area contributed by atoms with Crippen molar-refractivity contribution in [1.29, 1.82) is 0 Å². The molecule has 0 saturated carbocycles. The highest BCUT2D eigenvalue weighted by Gasteiger charge is 2.37. The molecule has 1 aliphatic heterocycles. The number of hydrogen-bond acceptors (Lipinski definition) is 3. The first-order valence-electron chi connectivity index (χ1n) is 6.59. The van der Waals surface area contributed by atoms with Crippen LogP contribution in [0.1, 0.15) is 25.8 Å². The highest BCUT2D eigenvalue weighted by atomic mass is 35.5. The van der Waals surface area contributed by atoms with Crippen LogP contribution in [0.15, 0.2) is 29.3 Å². The van der Waals surface area contributed by atoms with E-state index in [2.05, 4.69) is 5.32 Å². The summed E-state index contributed by atoms with van der Waals surface area (Å²) in [4.78, 5) is 36.4. The zero-order valence-electron chi connectivity index (χ0n) is 11.8. The van der Waals surface area contributed by atoms with Gasteiger partial charge in [0.1, 0.15) is 5.03 Å². The van der Waals surface area contributed by atoms with Crippen molar-refractivity contribution in [3.63, 3.8) is 0 Å². The van der Waals surface area contributed by atoms with E-state index >= 15 is 0 Å². The Kier molecular flexibility index (Phi) is 4.43. The van der Waals surface area contributed by atoms with Crippen molar-refractivity contribution < 1.29 is 14.4 Å². The molecule has 0 fully saturated rings. The molecule has 21 heavy (non-hydrogen) atoms. The Hall–Kier alpha value is -2.14. The Morgan fingerprint density at radius 2 is 1.81 bits per heavy atom. The summed E-state index contributed by atoms with van der Waals surface area (Å²) >= 11 is 6.01. The summed E-state index contributed by atoms with van der Waals surface area (Å²) in [6.45, 7) is 3.64. The first-order chi connectivity index (χ1) is 9.95. The van der Waals surface area contributed by atoms with Crippen molar-refractivity contribution in [1.82, 2.24) is 4.90 Å². The Morgan fingerprint density at radius 1 is 1.19 bits per heavy atom. The second kappa shape index (κ2) is 6.10. The van der Waals surface area contributed by atoms with Crippen LogP contribution < -0.4 is 5.32 Å². The molecule has 0 spiro atoms. The van der Waals surface area contributed by atoms with Crippen LogP contribution in [0.4, 0.5) is 5.69 Å². The van der Waals surface area contributed by atoms with Gasteiger partial charge >= 0.3 is 0 Å². The Bertz CT molecular complexity index is 635. The smallest absolute Gasteiger partial charge is 0.273 e. The first kappa shape index (κ1) is 15.3. The number of anilines is 1. The minimum absolute atomic E-state index is 0.0549. The highest BCUT2D eigenvalue weighted by molar-refractivity contribution is 6.55. The van der Waals surface area contributed by atoms with Crippen molar-refractivity contribution in [2.75, 3.05) is 11.9 Å². The van der Waals surface area contributed by atoms with Gasteiger partial charge in [-0.2, -0.15) is 0 Å². The van der Waals surface area contributed by atoms with Gasteiger partial charge < -0.3 is 5.32 Å². The van der Waals surface area contributed by atoms with E-state index in [9.17, 15) is 14.4 Å². The lowest BCUT2D eigenvalue weighted by Gasteiger charge is -2.13. The molecular weight excluding hydrogens is 292 g/mol. The molecule has 1 N–H and O–H groups in total. The van der Waals surface area contributed by atoms with Crippen LogP contribution >= 0.6 is 11.6 Å². The molecule has 0 saturated heterocycles. The zero-order chi connectivity index (χ0) is 15.6. The second-order valence-corrected chi connectivity index (χ2v) is 5.09. The van der Waals surface area contributed by atoms with E-state index in [0.717, 1.165) is 4.90 Å². The average molecular weight is 307 g/mol. The number of carbonyl (C=O) groups excluding carboxylic acids is 3. The normalized spacial score (nSPS) is 14.9. The van der Waals surface area contributed by atoms with E-state index < -0.39 is 5.91 Å². The molecule has 5 nitrogen and oxygen atoms in total. The molecule has 0 bridgehead atoms. The number of halogens is 1. The molecule has 0 aromatic heterocycles. The number of benzene rings is 1. The van der Waals surface area contributed by atoms with Crippen molar-refractivity contribution in [2.45, 2.75) is 20.3 Å². The Morgan fingerprint density at radius 3 is 2.33 bits per heavy atom. The summed E-state index contributed by atoms with van der Waals surface area (Å²) in [5.74, 6) is -1.01. The fourth-order valence-corrected chi connectivity index (χ4v) is 2.44. The van der Waals surface area contributed by atoms with E-state index in [1.54, 1.807) is 24.3 Å². The number of rotatable bonds is 4. The zero-order valence-corrected chi connectivity index (χ0v) is 12.5. The number of nitrogens with zero attached hydrogens (tertiary/aromatic N) is 1. The van der Waals surface area contributed by atoms with Gasteiger partial charge in [-0.05, 0) is 24.1 Å². The van der Waals surface area contributed by atoms with Crippen LogP contribution in [0.3, 0.4) is 0 Å². The second-order valence-electron chi connectivity index (χ2n) is 4.71. The van der Waals surface area contributed by atoms with Gasteiger partial charge in [0.15, 0.2) is 0 Å². The number of carbonyl (C=O) groups is 3. The van der Waals surface area contributed by atoms with Gasteiger partial charge in [0.05, 0.1) is 5.57 Å². The minimum atomic E-state index is -0.454. The predicted octanol–water partition coefficient (Wildman–Crippen LogP) is 2.37. The fraction of sp³-hybridized carbons (Fsp3) is 0.267. The lowest BCUT2D eigenvalue weighted by atomic mass is 10.1. The molecule has 2 rings (SSSR count). The SMILES string of the molecule is CCCN1C(=O)C(Cl)=C(c2ccc(NC(C)=O)cc2)C1=O. The van der Waals surface area contributed by atoms with Crippen LogP contribution in [0.5, 0.6) is 0 Å². The van der Waals surface area contributed by atoms with Gasteiger partial charge in [0.25, 0.3) is 11.8 Å². The van der Waals surface area contributed by atoms with Crippen LogP contribution in [0, 0.1) is 0 Å². The lowest BCUT2D eigenvalue weighted by molar-refractivity contribution is -0.136. The predicted molar refractivity (Wildman–Crippen MR) is 80.5 cm³/mol. The van der Waals surface area contributed by atoms with Crippen molar-refractivity contribution in [3.05, 3.63) is 34.9 Å². The van der Waals surface area contributed by atoms with Gasteiger partial charge in [-0.15, -0.1) is 0 Å². The fourth-order valence-electron chi connectivity index (χ4n) is 2.15. The summed E-state index contributed by atoms with van der Waals surface area (Å²) in [6, 6.07) is 6.63. The van der Waals surface area contributed by atoms with E-state index in [0.29, 0.717) is 24.2 Å². The largest absolute Gasteiger partial charge is 0.326 e. The number of hydrogen-bond donors (Lipinski definition) is 1. The van der Waals surface area contributed by atoms with Gasteiger partial charge in [0, 0.05) is 19.2 Å². The lowest BCUT2D eigenvalue weighted by Crippen LogP contribution is -2.31. The first-order valence-corrected chi connectivity index (χ1v) is 6.97. The van der Waals surface area contributed by atoms with E-state index in [1.165, 1.54) is 6.92 Å². The van der Waals surface area contributed by atoms with Gasteiger partial charge in [0.2, 0.25) is 5.91 Å². The van der Waals surface area contributed by atoms with E-state index in [4.69, 9.17) is 11.6 Å². The average Bonchev–Trinajstić information content (AvgIpc) is 2.64. The molecule has 1 aromatic carbocycles. The summed E-state index contributed by atoms with van der Waals surface area (Å²) in [7, 11) is 0. The maximum atomic E-state index is 12.3. The van der Waals surface area contributed by atoms with E-state index in [-0.39, 0.29) is 22.4 Å². The van der Waals surface area contributed by atoms with Crippen molar-refractivity contribution >= 4 is 40.6 Å². The Labute approximate surface area is 127 Å². The Balaban J connectivity index is 2.31. The van der Waals surface area contributed by atoms with Gasteiger partial charge in [-0.1, -0.05) is 30.7 Å². The molecular formula is C15H15ClN2O3. The van der Waals surface area contributed by atoms with Crippen LogP contribution in [0.25, 0.3) is 5.57 Å². The molecule has 0 atom stereocenters. The molecule has 1 aromatic rings. The maximum Gasteiger partial charge on any atom is 0.273 e. The van der Waals surface area contributed by atoms with E-state index in [1.807, 2.05) is 6.92 Å². The van der Waals surface area contributed by atoms with Crippen LogP contribution in [0.2, 0.25) is 0 Å². The third-order valence-electron chi connectivity index (χ3n) is 3.05. The third-order valence-corrected chi connectivity index (χ3v) is 3.40. The summed E-state index contributed by atoms with van der Waals surface area (Å²) in [6.07, 6.45) is 0.677. The monoisotopic (exact) mass is 306 g/mol. The molecule has 0 radical (unpaired) electrons. The number of amides is 3. The molecule has 3 amide bonds. The minimum Gasteiger partial charge on any atom is -0.326 e. The maximum absolute atomic E-state index is 12.3. The third kappa shape index (κ3) is 2.97. The topological polar surface area (TPSA) is 66.5 Å². The van der Waals surface area contributed by atoms with Gasteiger partial charge in [-0.25, -0.2) is 0 Å². The van der Waals surface area contributed by atoms with Crippen LogP contribution in [-0.2, 0) is 14.4 Å². The number of imide groups is 1. The summed E-state index contributed by atoms with van der Waals surface area (Å²) < 4.78 is 0. The standard InChI is InChI=1S/C15H15ClN2O3/c1-3-8-18-14(20)12(13(16)15(18)21)10-4-6-11(7-5-10)17-9(2)19/h4-7H,3,8H2,1-2H3,(H,17,19). The highest BCUT2D eigenvalue weighted by Crippen LogP contribution is 2.32. The molecule has 1 heterocycles. The molecule has 6 heteroatoms. The number of nitrogens with one attached hydrogen (secondary N) is 1.